The number of carbonyl (C=O) groups is 1. The van der Waals surface area contributed by atoms with Crippen molar-refractivity contribution in [3.8, 4) is 0 Å². The third kappa shape index (κ3) is 3.37. The fourth-order valence-electron chi connectivity index (χ4n) is 2.90. The molecule has 0 aliphatic carbocycles. The fourth-order valence-corrected chi connectivity index (χ4v) is 3.21. The van der Waals surface area contributed by atoms with Gasteiger partial charge >= 0.3 is 5.97 Å². The van der Waals surface area contributed by atoms with Crippen molar-refractivity contribution in [2.45, 2.75) is 32.7 Å². The molecule has 6 nitrogen and oxygen atoms in total. The third-order valence-corrected chi connectivity index (χ3v) is 4.67. The summed E-state index contributed by atoms with van der Waals surface area (Å²) >= 11 is 12.2. The Morgan fingerprint density at radius 1 is 1.32 bits per heavy atom. The highest BCUT2D eigenvalue weighted by molar-refractivity contribution is 6.42. The first-order chi connectivity index (χ1) is 12.1. The number of nitrogens with one attached hydrogen (secondary N) is 1. The lowest BCUT2D eigenvalue weighted by Crippen LogP contribution is -2.30. The summed E-state index contributed by atoms with van der Waals surface area (Å²) in [5.74, 6) is 0.197. The number of hydrogen-bond acceptors (Lipinski definition) is 5. The van der Waals surface area contributed by atoms with Crippen LogP contribution in [0.4, 0.5) is 5.95 Å². The minimum Gasteiger partial charge on any atom is -0.463 e. The number of anilines is 1. The number of halogens is 2. The van der Waals surface area contributed by atoms with E-state index >= 15 is 0 Å². The summed E-state index contributed by atoms with van der Waals surface area (Å²) in [6.07, 6.45) is 3.01. The predicted octanol–water partition coefficient (Wildman–Crippen LogP) is 4.22. The summed E-state index contributed by atoms with van der Waals surface area (Å²) < 4.78 is 6.96. The smallest absolute Gasteiger partial charge is 0.338 e. The van der Waals surface area contributed by atoms with Gasteiger partial charge in [0.25, 0.3) is 0 Å². The fraction of sp³-hybridized carbons (Fsp3) is 0.353. The van der Waals surface area contributed by atoms with Gasteiger partial charge < -0.3 is 10.1 Å². The number of aromatic nitrogens is 3. The molecule has 0 radical (unpaired) electrons. The normalized spacial score (nSPS) is 16.4. The van der Waals surface area contributed by atoms with Crippen LogP contribution in [0.25, 0.3) is 0 Å². The number of fused-ring (bicyclic) bond motifs is 1. The van der Waals surface area contributed by atoms with Crippen LogP contribution in [0.2, 0.25) is 10.0 Å². The predicted molar refractivity (Wildman–Crippen MR) is 96.8 cm³/mol. The van der Waals surface area contributed by atoms with Gasteiger partial charge in [-0.05, 0) is 31.0 Å². The molecule has 1 aliphatic heterocycles. The van der Waals surface area contributed by atoms with Gasteiger partial charge in [-0.2, -0.15) is 10.1 Å². The van der Waals surface area contributed by atoms with Crippen LogP contribution in [-0.4, -0.2) is 27.3 Å². The molecule has 1 N–H and O–H groups in total. The van der Waals surface area contributed by atoms with Crippen LogP contribution in [0, 0.1) is 0 Å². The lowest BCUT2D eigenvalue weighted by molar-refractivity contribution is -0.139. The minimum atomic E-state index is -0.478. The van der Waals surface area contributed by atoms with Crippen molar-refractivity contribution in [1.82, 2.24) is 14.8 Å². The first-order valence-corrected chi connectivity index (χ1v) is 8.84. The quantitative estimate of drug-likeness (QED) is 0.786. The second-order valence-electron chi connectivity index (χ2n) is 5.59. The summed E-state index contributed by atoms with van der Waals surface area (Å²) in [6, 6.07) is 4.81. The number of benzene rings is 1. The number of hydrogen-bond donors (Lipinski definition) is 1. The molecule has 0 bridgehead atoms. The monoisotopic (exact) mass is 380 g/mol. The summed E-state index contributed by atoms with van der Waals surface area (Å²) in [6.45, 7) is 4.12. The van der Waals surface area contributed by atoms with Crippen LogP contribution in [0.3, 0.4) is 0 Å². The molecule has 0 spiro atoms. The van der Waals surface area contributed by atoms with Crippen LogP contribution in [0.15, 0.2) is 35.8 Å². The molecular formula is C17H18Cl2N4O2. The topological polar surface area (TPSA) is 69.0 Å². The maximum Gasteiger partial charge on any atom is 0.338 e. The third-order valence-electron chi connectivity index (χ3n) is 3.93. The number of rotatable bonds is 5. The SMILES string of the molecule is CCCC1=C(C(=O)OCC)C(c2ccc(Cl)c(Cl)c2)n2ncnc2N1. The molecule has 0 saturated heterocycles. The summed E-state index contributed by atoms with van der Waals surface area (Å²) in [5, 5.41) is 8.35. The highest BCUT2D eigenvalue weighted by atomic mass is 35.5. The van der Waals surface area contributed by atoms with E-state index in [-0.39, 0.29) is 5.97 Å². The molecule has 0 amide bonds. The molecule has 1 aromatic heterocycles. The maximum absolute atomic E-state index is 12.7. The first kappa shape index (κ1) is 17.8. The van der Waals surface area contributed by atoms with Gasteiger partial charge in [0.1, 0.15) is 12.4 Å². The molecule has 1 unspecified atom stereocenters. The van der Waals surface area contributed by atoms with Crippen molar-refractivity contribution in [1.29, 1.82) is 0 Å². The number of esters is 1. The molecular weight excluding hydrogens is 363 g/mol. The van der Waals surface area contributed by atoms with Gasteiger partial charge in [-0.3, -0.25) is 0 Å². The van der Waals surface area contributed by atoms with E-state index < -0.39 is 6.04 Å². The molecule has 25 heavy (non-hydrogen) atoms. The van der Waals surface area contributed by atoms with E-state index in [0.29, 0.717) is 34.6 Å². The molecule has 1 atom stereocenters. The molecule has 1 aromatic carbocycles. The average Bonchev–Trinajstić information content (AvgIpc) is 3.04. The molecule has 8 heteroatoms. The molecule has 0 saturated carbocycles. The highest BCUT2D eigenvalue weighted by Crippen LogP contribution is 2.38. The Bertz CT molecular complexity index is 832. The van der Waals surface area contributed by atoms with Crippen LogP contribution in [-0.2, 0) is 9.53 Å². The Morgan fingerprint density at radius 3 is 2.80 bits per heavy atom. The molecule has 2 aromatic rings. The minimum absolute atomic E-state index is 0.292. The zero-order valence-electron chi connectivity index (χ0n) is 13.9. The number of carbonyl (C=O) groups excluding carboxylic acids is 1. The Labute approximate surface area is 155 Å². The second kappa shape index (κ2) is 7.45. The number of nitrogens with zero attached hydrogens (tertiary/aromatic N) is 3. The Hall–Kier alpha value is -2.05. The molecule has 2 heterocycles. The van der Waals surface area contributed by atoms with Gasteiger partial charge in [-0.1, -0.05) is 42.6 Å². The van der Waals surface area contributed by atoms with E-state index in [9.17, 15) is 4.79 Å². The molecule has 1 aliphatic rings. The lowest BCUT2D eigenvalue weighted by Gasteiger charge is -2.29. The Balaban J connectivity index is 2.18. The average molecular weight is 381 g/mol. The summed E-state index contributed by atoms with van der Waals surface area (Å²) in [5.41, 5.74) is 2.09. The molecule has 0 fully saturated rings. The van der Waals surface area contributed by atoms with Crippen molar-refractivity contribution >= 4 is 35.1 Å². The van der Waals surface area contributed by atoms with E-state index in [1.54, 1.807) is 23.7 Å². The largest absolute Gasteiger partial charge is 0.463 e. The Kier molecular flexibility index (Phi) is 5.30. The van der Waals surface area contributed by atoms with Crippen molar-refractivity contribution in [3.63, 3.8) is 0 Å². The van der Waals surface area contributed by atoms with E-state index in [1.807, 2.05) is 13.0 Å². The van der Waals surface area contributed by atoms with Gasteiger partial charge in [-0.25, -0.2) is 9.48 Å². The summed E-state index contributed by atoms with van der Waals surface area (Å²) in [4.78, 5) is 17.0. The van der Waals surface area contributed by atoms with Crippen LogP contribution >= 0.6 is 23.2 Å². The number of allylic oxidation sites excluding steroid dienone is 1. The zero-order chi connectivity index (χ0) is 18.0. The maximum atomic E-state index is 12.7. The van der Waals surface area contributed by atoms with Crippen LogP contribution in [0.1, 0.15) is 38.3 Å². The van der Waals surface area contributed by atoms with E-state index in [4.69, 9.17) is 27.9 Å². The lowest BCUT2D eigenvalue weighted by atomic mass is 9.94. The highest BCUT2D eigenvalue weighted by Gasteiger charge is 2.35. The van der Waals surface area contributed by atoms with E-state index in [1.165, 1.54) is 6.33 Å². The molecule has 3 rings (SSSR count). The van der Waals surface area contributed by atoms with Gasteiger partial charge in [0, 0.05) is 5.70 Å². The van der Waals surface area contributed by atoms with Gasteiger partial charge in [0.05, 0.1) is 22.2 Å². The second-order valence-corrected chi connectivity index (χ2v) is 6.41. The Morgan fingerprint density at radius 2 is 2.12 bits per heavy atom. The first-order valence-electron chi connectivity index (χ1n) is 8.08. The van der Waals surface area contributed by atoms with Crippen LogP contribution < -0.4 is 5.32 Å². The van der Waals surface area contributed by atoms with Gasteiger partial charge in [0.15, 0.2) is 0 Å². The van der Waals surface area contributed by atoms with Crippen molar-refractivity contribution in [2.24, 2.45) is 0 Å². The van der Waals surface area contributed by atoms with Crippen molar-refractivity contribution in [3.05, 3.63) is 51.4 Å². The zero-order valence-corrected chi connectivity index (χ0v) is 15.4. The van der Waals surface area contributed by atoms with Gasteiger partial charge in [-0.15, -0.1) is 0 Å². The van der Waals surface area contributed by atoms with Crippen LogP contribution in [0.5, 0.6) is 0 Å². The van der Waals surface area contributed by atoms with E-state index in [0.717, 1.165) is 17.7 Å². The standard InChI is InChI=1S/C17H18Cl2N4O2/c1-3-5-13-14(16(24)25-4-2)15(23-17(22-13)20-9-21-23)10-6-7-11(18)12(19)8-10/h6-9,15H,3-5H2,1-2H3,(H,20,21,22). The van der Waals surface area contributed by atoms with Gasteiger partial charge in [0.2, 0.25) is 5.95 Å². The van der Waals surface area contributed by atoms with Crippen molar-refractivity contribution < 1.29 is 9.53 Å². The van der Waals surface area contributed by atoms with E-state index in [2.05, 4.69) is 15.4 Å². The van der Waals surface area contributed by atoms with Crippen molar-refractivity contribution in [2.75, 3.05) is 11.9 Å². The molecule has 132 valence electrons. The summed E-state index contributed by atoms with van der Waals surface area (Å²) in [7, 11) is 0. The number of ether oxygens (including phenoxy) is 1.